The molecule has 4 atom stereocenters. The summed E-state index contributed by atoms with van der Waals surface area (Å²) in [5.74, 6) is -0.347. The van der Waals surface area contributed by atoms with Gasteiger partial charge < -0.3 is 10.1 Å². The standard InChI is InChI=1S/C16H19Cl2NO3/c1-8-6-13(8)16(21)22-10(3)15(20)19-9(2)12-5-4-11(17)7-14(12)18/h4-5,7-10,13H,6H2,1-3H3,(H,19,20)/t8-,9+,10+,13+/m1/s1. The Morgan fingerprint density at radius 1 is 1.32 bits per heavy atom. The zero-order valence-electron chi connectivity index (χ0n) is 12.7. The van der Waals surface area contributed by atoms with Gasteiger partial charge in [0.25, 0.3) is 5.91 Å². The Labute approximate surface area is 140 Å². The summed E-state index contributed by atoms with van der Waals surface area (Å²) in [5.41, 5.74) is 0.758. The number of amides is 1. The molecule has 1 aromatic rings. The number of carbonyl (C=O) groups is 2. The van der Waals surface area contributed by atoms with Gasteiger partial charge in [-0.15, -0.1) is 0 Å². The molecule has 0 aromatic heterocycles. The Morgan fingerprint density at radius 2 is 1.95 bits per heavy atom. The fourth-order valence-corrected chi connectivity index (χ4v) is 2.80. The Bertz CT molecular complexity index is 591. The molecule has 120 valence electrons. The zero-order chi connectivity index (χ0) is 16.4. The molecule has 0 heterocycles. The van der Waals surface area contributed by atoms with E-state index in [9.17, 15) is 9.59 Å². The van der Waals surface area contributed by atoms with Crippen LogP contribution in [-0.4, -0.2) is 18.0 Å². The molecule has 1 aliphatic rings. The Kier molecular flexibility index (Phi) is 5.35. The molecule has 1 saturated carbocycles. The van der Waals surface area contributed by atoms with E-state index in [4.69, 9.17) is 27.9 Å². The van der Waals surface area contributed by atoms with E-state index >= 15 is 0 Å². The monoisotopic (exact) mass is 343 g/mol. The number of halogens is 2. The first-order chi connectivity index (χ1) is 10.3. The highest BCUT2D eigenvalue weighted by molar-refractivity contribution is 6.35. The molecule has 0 saturated heterocycles. The van der Waals surface area contributed by atoms with Gasteiger partial charge in [0.2, 0.25) is 0 Å². The molecule has 6 heteroatoms. The number of hydrogen-bond donors (Lipinski definition) is 1. The first kappa shape index (κ1) is 17.1. The molecule has 0 radical (unpaired) electrons. The van der Waals surface area contributed by atoms with Crippen molar-refractivity contribution in [2.45, 2.75) is 39.3 Å². The Balaban J connectivity index is 1.91. The number of rotatable bonds is 5. The van der Waals surface area contributed by atoms with Crippen LogP contribution in [0.25, 0.3) is 0 Å². The Hall–Kier alpha value is -1.26. The van der Waals surface area contributed by atoms with Crippen molar-refractivity contribution in [1.82, 2.24) is 5.32 Å². The summed E-state index contributed by atoms with van der Waals surface area (Å²) in [4.78, 5) is 23.8. The molecule has 22 heavy (non-hydrogen) atoms. The van der Waals surface area contributed by atoms with E-state index in [-0.39, 0.29) is 23.8 Å². The van der Waals surface area contributed by atoms with Crippen molar-refractivity contribution in [3.05, 3.63) is 33.8 Å². The minimum atomic E-state index is -0.825. The highest BCUT2D eigenvalue weighted by Crippen LogP contribution is 2.38. The average Bonchev–Trinajstić information content (AvgIpc) is 3.15. The van der Waals surface area contributed by atoms with Crippen LogP contribution in [0.2, 0.25) is 10.0 Å². The van der Waals surface area contributed by atoms with Gasteiger partial charge in [0.05, 0.1) is 12.0 Å². The number of esters is 1. The molecule has 1 amide bonds. The molecule has 1 aliphatic carbocycles. The molecule has 0 spiro atoms. The summed E-state index contributed by atoms with van der Waals surface area (Å²) in [6.07, 6.45) is 0.0121. The lowest BCUT2D eigenvalue weighted by molar-refractivity contribution is -0.156. The third-order valence-electron chi connectivity index (χ3n) is 3.86. The lowest BCUT2D eigenvalue weighted by Crippen LogP contribution is -2.37. The molecule has 0 unspecified atom stereocenters. The maximum absolute atomic E-state index is 12.1. The first-order valence-electron chi connectivity index (χ1n) is 7.25. The van der Waals surface area contributed by atoms with E-state index in [0.29, 0.717) is 16.0 Å². The van der Waals surface area contributed by atoms with Gasteiger partial charge in [-0.2, -0.15) is 0 Å². The third-order valence-corrected chi connectivity index (χ3v) is 4.42. The van der Waals surface area contributed by atoms with Crippen LogP contribution in [0, 0.1) is 11.8 Å². The molecule has 4 nitrogen and oxygen atoms in total. The second-order valence-corrected chi connectivity index (χ2v) is 6.64. The summed E-state index contributed by atoms with van der Waals surface area (Å²) in [7, 11) is 0. The van der Waals surface area contributed by atoms with Crippen LogP contribution in [0.3, 0.4) is 0 Å². The van der Waals surface area contributed by atoms with Crippen LogP contribution in [-0.2, 0) is 14.3 Å². The predicted molar refractivity (Wildman–Crippen MR) is 85.8 cm³/mol. The van der Waals surface area contributed by atoms with Crippen LogP contribution in [0.5, 0.6) is 0 Å². The molecule has 1 aromatic carbocycles. The van der Waals surface area contributed by atoms with Crippen molar-refractivity contribution in [3.63, 3.8) is 0 Å². The smallest absolute Gasteiger partial charge is 0.309 e. The van der Waals surface area contributed by atoms with Crippen molar-refractivity contribution in [2.24, 2.45) is 11.8 Å². The van der Waals surface area contributed by atoms with Gasteiger partial charge in [-0.25, -0.2) is 0 Å². The largest absolute Gasteiger partial charge is 0.452 e. The van der Waals surface area contributed by atoms with Gasteiger partial charge in [0.1, 0.15) is 0 Å². The van der Waals surface area contributed by atoms with Gasteiger partial charge in [0, 0.05) is 10.0 Å². The van der Waals surface area contributed by atoms with E-state index in [1.165, 1.54) is 0 Å². The number of hydrogen-bond acceptors (Lipinski definition) is 3. The summed E-state index contributed by atoms with van der Waals surface area (Å²) >= 11 is 12.0. The maximum atomic E-state index is 12.1. The zero-order valence-corrected chi connectivity index (χ0v) is 14.2. The van der Waals surface area contributed by atoms with Crippen molar-refractivity contribution in [3.8, 4) is 0 Å². The normalized spacial score (nSPS) is 22.6. The second kappa shape index (κ2) is 6.88. The van der Waals surface area contributed by atoms with E-state index in [2.05, 4.69) is 5.32 Å². The highest BCUT2D eigenvalue weighted by Gasteiger charge is 2.41. The van der Waals surface area contributed by atoms with Crippen molar-refractivity contribution in [1.29, 1.82) is 0 Å². The van der Waals surface area contributed by atoms with Gasteiger partial charge in [0.15, 0.2) is 6.10 Å². The van der Waals surface area contributed by atoms with Crippen molar-refractivity contribution >= 4 is 35.1 Å². The van der Waals surface area contributed by atoms with Gasteiger partial charge in [-0.1, -0.05) is 36.2 Å². The number of benzene rings is 1. The van der Waals surface area contributed by atoms with Gasteiger partial charge >= 0.3 is 5.97 Å². The molecule has 1 N–H and O–H groups in total. The fraction of sp³-hybridized carbons (Fsp3) is 0.500. The third kappa shape index (κ3) is 4.14. The summed E-state index contributed by atoms with van der Waals surface area (Å²) < 4.78 is 5.19. The van der Waals surface area contributed by atoms with E-state index in [0.717, 1.165) is 12.0 Å². The molecular formula is C16H19Cl2NO3. The molecular weight excluding hydrogens is 325 g/mol. The molecule has 1 fully saturated rings. The molecule has 0 aliphatic heterocycles. The molecule has 2 rings (SSSR count). The van der Waals surface area contributed by atoms with Crippen LogP contribution in [0.4, 0.5) is 0 Å². The van der Waals surface area contributed by atoms with Crippen molar-refractivity contribution < 1.29 is 14.3 Å². The number of nitrogens with one attached hydrogen (secondary N) is 1. The maximum Gasteiger partial charge on any atom is 0.309 e. The van der Waals surface area contributed by atoms with Crippen LogP contribution < -0.4 is 5.32 Å². The predicted octanol–water partition coefficient (Wildman–Crippen LogP) is 3.76. The first-order valence-corrected chi connectivity index (χ1v) is 8.01. The van der Waals surface area contributed by atoms with E-state index in [1.54, 1.807) is 25.1 Å². The van der Waals surface area contributed by atoms with E-state index in [1.807, 2.05) is 13.8 Å². The van der Waals surface area contributed by atoms with E-state index < -0.39 is 6.10 Å². The summed E-state index contributed by atoms with van der Waals surface area (Å²) in [6, 6.07) is 4.79. The summed E-state index contributed by atoms with van der Waals surface area (Å²) in [6.45, 7) is 5.36. The second-order valence-electron chi connectivity index (χ2n) is 5.79. The van der Waals surface area contributed by atoms with Crippen LogP contribution >= 0.6 is 23.2 Å². The quantitative estimate of drug-likeness (QED) is 0.828. The number of ether oxygens (including phenoxy) is 1. The SMILES string of the molecule is C[C@H](OC(=O)[C@H]1C[C@H]1C)C(=O)N[C@@H](C)c1ccc(Cl)cc1Cl. The Morgan fingerprint density at radius 3 is 2.50 bits per heavy atom. The van der Waals surface area contributed by atoms with Gasteiger partial charge in [-0.05, 0) is 43.9 Å². The van der Waals surface area contributed by atoms with Crippen LogP contribution in [0.15, 0.2) is 18.2 Å². The topological polar surface area (TPSA) is 55.4 Å². The minimum absolute atomic E-state index is 0.0571. The molecule has 0 bridgehead atoms. The fourth-order valence-electron chi connectivity index (χ4n) is 2.23. The lowest BCUT2D eigenvalue weighted by Gasteiger charge is -2.19. The van der Waals surface area contributed by atoms with Gasteiger partial charge in [-0.3, -0.25) is 9.59 Å². The van der Waals surface area contributed by atoms with Crippen LogP contribution in [0.1, 0.15) is 38.8 Å². The van der Waals surface area contributed by atoms with Crippen molar-refractivity contribution in [2.75, 3.05) is 0 Å². The lowest BCUT2D eigenvalue weighted by atomic mass is 10.1. The minimum Gasteiger partial charge on any atom is -0.452 e. The number of carbonyl (C=O) groups excluding carboxylic acids is 2. The average molecular weight is 344 g/mol. The highest BCUT2D eigenvalue weighted by atomic mass is 35.5. The summed E-state index contributed by atoms with van der Waals surface area (Å²) in [5, 5.41) is 3.81.